The van der Waals surface area contributed by atoms with Gasteiger partial charge in [0.1, 0.15) is 11.5 Å². The number of fused-ring (bicyclic) bond motifs is 3. The largest absolute Gasteiger partial charge is 0.508 e. The van der Waals surface area contributed by atoms with Crippen molar-refractivity contribution in [3.05, 3.63) is 48.0 Å². The molecule has 5 heteroatoms. The zero-order valence-corrected chi connectivity index (χ0v) is 13.9. The summed E-state index contributed by atoms with van der Waals surface area (Å²) in [4.78, 5) is 12.4. The Morgan fingerprint density at radius 2 is 1.88 bits per heavy atom. The minimum atomic E-state index is -1.34. The molecule has 3 N–H and O–H groups in total. The third-order valence-corrected chi connectivity index (χ3v) is 3.83. The van der Waals surface area contributed by atoms with Gasteiger partial charge < -0.3 is 20.3 Å². The summed E-state index contributed by atoms with van der Waals surface area (Å²) >= 11 is 0. The third kappa shape index (κ3) is 3.08. The van der Waals surface area contributed by atoms with Crippen LogP contribution in [0, 0.1) is 0 Å². The van der Waals surface area contributed by atoms with Crippen LogP contribution in [0.5, 0.6) is 11.5 Å². The van der Waals surface area contributed by atoms with Gasteiger partial charge in [0, 0.05) is 16.7 Å². The van der Waals surface area contributed by atoms with Crippen molar-refractivity contribution in [2.75, 3.05) is 0 Å². The summed E-state index contributed by atoms with van der Waals surface area (Å²) in [5.41, 5.74) is 1.84. The minimum absolute atomic E-state index is 0.136. The average molecular weight is 327 g/mol. The molecule has 0 aromatic heterocycles. The first-order valence-corrected chi connectivity index (χ1v) is 7.85. The quantitative estimate of drug-likeness (QED) is 0.792. The highest BCUT2D eigenvalue weighted by Gasteiger charge is 2.36. The van der Waals surface area contributed by atoms with Gasteiger partial charge in [-0.2, -0.15) is 0 Å². The molecular formula is C19H21NO4. The summed E-state index contributed by atoms with van der Waals surface area (Å²) in [6.45, 7) is 5.56. The molecule has 0 saturated carbocycles. The zero-order chi connectivity index (χ0) is 17.5. The number of aromatic hydroxyl groups is 1. The maximum atomic E-state index is 12.4. The first-order chi connectivity index (χ1) is 11.3. The lowest BCUT2D eigenvalue weighted by Gasteiger charge is -2.32. The Bertz CT molecular complexity index is 779. The van der Waals surface area contributed by atoms with E-state index >= 15 is 0 Å². The van der Waals surface area contributed by atoms with E-state index in [9.17, 15) is 15.0 Å². The third-order valence-electron chi connectivity index (χ3n) is 3.83. The number of phenolic OH excluding ortho intramolecular Hbond substituents is 1. The van der Waals surface area contributed by atoms with Crippen LogP contribution >= 0.6 is 0 Å². The molecule has 3 rings (SSSR count). The SMILES string of the molecule is CC(C)(C)NC(=O)C(O)C1Oc2ccc(O)cc2-c2ccccc21. The lowest BCUT2D eigenvalue weighted by atomic mass is 9.90. The molecule has 0 saturated heterocycles. The Morgan fingerprint density at radius 1 is 1.17 bits per heavy atom. The van der Waals surface area contributed by atoms with Gasteiger partial charge >= 0.3 is 0 Å². The maximum absolute atomic E-state index is 12.4. The summed E-state index contributed by atoms with van der Waals surface area (Å²) in [5, 5.41) is 23.1. The van der Waals surface area contributed by atoms with Crippen molar-refractivity contribution < 1.29 is 19.7 Å². The van der Waals surface area contributed by atoms with Gasteiger partial charge in [0.2, 0.25) is 0 Å². The van der Waals surface area contributed by atoms with Gasteiger partial charge in [0.05, 0.1) is 0 Å². The first kappa shape index (κ1) is 16.3. The second-order valence-electron chi connectivity index (χ2n) is 6.99. The van der Waals surface area contributed by atoms with Crippen molar-refractivity contribution in [1.29, 1.82) is 0 Å². The molecule has 2 aromatic carbocycles. The second kappa shape index (κ2) is 5.83. The first-order valence-electron chi connectivity index (χ1n) is 7.85. The van der Waals surface area contributed by atoms with Gasteiger partial charge in [0.25, 0.3) is 5.91 Å². The van der Waals surface area contributed by atoms with E-state index in [1.54, 1.807) is 12.1 Å². The normalized spacial score (nSPS) is 17.2. The number of nitrogens with one attached hydrogen (secondary N) is 1. The number of benzene rings is 2. The summed E-state index contributed by atoms with van der Waals surface area (Å²) in [7, 11) is 0. The van der Waals surface area contributed by atoms with Crippen LogP contribution in [0.4, 0.5) is 0 Å². The average Bonchev–Trinajstić information content (AvgIpc) is 2.52. The van der Waals surface area contributed by atoms with E-state index in [-0.39, 0.29) is 5.75 Å². The molecule has 0 radical (unpaired) electrons. The predicted molar refractivity (Wildman–Crippen MR) is 90.8 cm³/mol. The van der Waals surface area contributed by atoms with Crippen LogP contribution < -0.4 is 10.1 Å². The molecule has 24 heavy (non-hydrogen) atoms. The van der Waals surface area contributed by atoms with E-state index < -0.39 is 23.7 Å². The number of carbonyl (C=O) groups is 1. The molecule has 2 unspecified atom stereocenters. The number of hydrogen-bond acceptors (Lipinski definition) is 4. The number of rotatable bonds is 2. The second-order valence-corrected chi connectivity index (χ2v) is 6.99. The van der Waals surface area contributed by atoms with E-state index in [1.165, 1.54) is 6.07 Å². The molecule has 2 aromatic rings. The van der Waals surface area contributed by atoms with Crippen molar-refractivity contribution >= 4 is 5.91 Å². The molecule has 1 aliphatic heterocycles. The smallest absolute Gasteiger partial charge is 0.253 e. The van der Waals surface area contributed by atoms with E-state index in [0.29, 0.717) is 11.3 Å². The Balaban J connectivity index is 2.00. The standard InChI is InChI=1S/C19H21NO4/c1-19(2,3)20-18(23)16(22)17-13-7-5-4-6-12(13)14-10-11(21)8-9-15(14)24-17/h4-10,16-17,21-22H,1-3H3,(H,20,23). The van der Waals surface area contributed by atoms with Gasteiger partial charge in [0.15, 0.2) is 12.2 Å². The van der Waals surface area contributed by atoms with Gasteiger partial charge in [-0.15, -0.1) is 0 Å². The molecular weight excluding hydrogens is 306 g/mol. The molecule has 1 amide bonds. The highest BCUT2D eigenvalue weighted by Crippen LogP contribution is 2.44. The molecule has 5 nitrogen and oxygen atoms in total. The van der Waals surface area contributed by atoms with E-state index in [4.69, 9.17) is 4.74 Å². The van der Waals surface area contributed by atoms with Crippen LogP contribution in [0.2, 0.25) is 0 Å². The Hall–Kier alpha value is -2.53. The van der Waals surface area contributed by atoms with Crippen molar-refractivity contribution in [3.8, 4) is 22.6 Å². The summed E-state index contributed by atoms with van der Waals surface area (Å²) in [5.74, 6) is 0.181. The van der Waals surface area contributed by atoms with Crippen LogP contribution in [-0.2, 0) is 4.79 Å². The molecule has 2 atom stereocenters. The van der Waals surface area contributed by atoms with Crippen LogP contribution in [-0.4, -0.2) is 27.8 Å². The lowest BCUT2D eigenvalue weighted by Crippen LogP contribution is -2.48. The number of aliphatic hydroxyl groups is 1. The summed E-state index contributed by atoms with van der Waals surface area (Å²) in [6.07, 6.45) is -2.15. The number of amides is 1. The highest BCUT2D eigenvalue weighted by molar-refractivity contribution is 5.84. The zero-order valence-electron chi connectivity index (χ0n) is 13.9. The number of phenols is 1. The maximum Gasteiger partial charge on any atom is 0.253 e. The predicted octanol–water partition coefficient (Wildman–Crippen LogP) is 2.77. The van der Waals surface area contributed by atoms with Crippen LogP contribution in [0.3, 0.4) is 0 Å². The number of ether oxygens (including phenoxy) is 1. The monoisotopic (exact) mass is 327 g/mol. The fourth-order valence-electron chi connectivity index (χ4n) is 2.84. The Labute approximate surface area is 140 Å². The topological polar surface area (TPSA) is 78.8 Å². The molecule has 0 aliphatic carbocycles. The highest BCUT2D eigenvalue weighted by atomic mass is 16.5. The van der Waals surface area contributed by atoms with Gasteiger partial charge in [-0.3, -0.25) is 4.79 Å². The number of aliphatic hydroxyl groups excluding tert-OH is 1. The molecule has 0 fully saturated rings. The fraction of sp³-hybridized carbons (Fsp3) is 0.316. The molecule has 0 spiro atoms. The molecule has 0 bridgehead atoms. The minimum Gasteiger partial charge on any atom is -0.508 e. The van der Waals surface area contributed by atoms with Gasteiger partial charge in [-0.25, -0.2) is 0 Å². The number of hydrogen-bond donors (Lipinski definition) is 3. The van der Waals surface area contributed by atoms with Crippen molar-refractivity contribution in [1.82, 2.24) is 5.32 Å². The van der Waals surface area contributed by atoms with Crippen molar-refractivity contribution in [2.45, 2.75) is 38.5 Å². The summed E-state index contributed by atoms with van der Waals surface area (Å²) < 4.78 is 5.89. The van der Waals surface area contributed by atoms with Crippen LogP contribution in [0.25, 0.3) is 11.1 Å². The number of carbonyl (C=O) groups excluding carboxylic acids is 1. The fourth-order valence-corrected chi connectivity index (χ4v) is 2.84. The molecule has 126 valence electrons. The van der Waals surface area contributed by atoms with Crippen molar-refractivity contribution in [2.24, 2.45) is 0 Å². The van der Waals surface area contributed by atoms with E-state index in [1.807, 2.05) is 45.0 Å². The van der Waals surface area contributed by atoms with E-state index in [0.717, 1.165) is 11.1 Å². The van der Waals surface area contributed by atoms with Crippen molar-refractivity contribution in [3.63, 3.8) is 0 Å². The Morgan fingerprint density at radius 3 is 2.58 bits per heavy atom. The Kier molecular flexibility index (Phi) is 3.97. The molecule has 1 aliphatic rings. The van der Waals surface area contributed by atoms with Crippen LogP contribution in [0.15, 0.2) is 42.5 Å². The van der Waals surface area contributed by atoms with Gasteiger partial charge in [-0.1, -0.05) is 24.3 Å². The molecule has 1 heterocycles. The summed E-state index contributed by atoms with van der Waals surface area (Å²) in [6, 6.07) is 12.2. The van der Waals surface area contributed by atoms with Gasteiger partial charge in [-0.05, 0) is 44.5 Å². The van der Waals surface area contributed by atoms with Crippen LogP contribution in [0.1, 0.15) is 32.4 Å². The lowest BCUT2D eigenvalue weighted by molar-refractivity contribution is -0.136. The van der Waals surface area contributed by atoms with E-state index in [2.05, 4.69) is 5.32 Å².